The Morgan fingerprint density at radius 2 is 2.31 bits per heavy atom. The number of hydrogen-bond donors (Lipinski definition) is 1. The topological polar surface area (TPSA) is 41.6 Å². The molecule has 1 amide bonds. The molecule has 0 aromatic rings. The molecule has 1 saturated heterocycles. The molecule has 1 fully saturated rings. The number of hydrogen-bond acceptors (Lipinski definition) is 3. The van der Waals surface area contributed by atoms with Gasteiger partial charge in [-0.2, -0.15) is 0 Å². The molecule has 0 saturated carbocycles. The largest absolute Gasteiger partial charge is 0.374 e. The zero-order valence-corrected chi connectivity index (χ0v) is 11.8. The SMILES string of the molecule is CCN1CCOC(CNC(=O)C(C)(C)Br)C1. The normalized spacial score (nSPS) is 23.1. The average molecular weight is 293 g/mol. The van der Waals surface area contributed by atoms with Crippen LogP contribution in [0, 0.1) is 0 Å². The Balaban J connectivity index is 2.30. The number of halogens is 1. The molecule has 0 aromatic heterocycles. The van der Waals surface area contributed by atoms with Gasteiger partial charge >= 0.3 is 0 Å². The Kier molecular flexibility index (Phi) is 5.21. The molecule has 1 aliphatic rings. The Hall–Kier alpha value is -0.130. The molecule has 4 nitrogen and oxygen atoms in total. The minimum absolute atomic E-state index is 0.00437. The summed E-state index contributed by atoms with van der Waals surface area (Å²) in [4.78, 5) is 14.0. The van der Waals surface area contributed by atoms with Gasteiger partial charge in [0.05, 0.1) is 17.0 Å². The molecule has 1 heterocycles. The van der Waals surface area contributed by atoms with Crippen LogP contribution in [0.1, 0.15) is 20.8 Å². The quantitative estimate of drug-likeness (QED) is 0.786. The van der Waals surface area contributed by atoms with Crippen molar-refractivity contribution in [2.24, 2.45) is 0 Å². The first-order valence-electron chi connectivity index (χ1n) is 5.74. The van der Waals surface area contributed by atoms with Gasteiger partial charge < -0.3 is 10.1 Å². The van der Waals surface area contributed by atoms with Crippen LogP contribution in [0.2, 0.25) is 0 Å². The van der Waals surface area contributed by atoms with E-state index in [0.29, 0.717) is 6.54 Å². The smallest absolute Gasteiger partial charge is 0.236 e. The number of amides is 1. The molecule has 16 heavy (non-hydrogen) atoms. The molecule has 0 radical (unpaired) electrons. The third-order valence-corrected chi connectivity index (χ3v) is 3.06. The molecular formula is C11H21BrN2O2. The van der Waals surface area contributed by atoms with Crippen molar-refractivity contribution >= 4 is 21.8 Å². The van der Waals surface area contributed by atoms with E-state index < -0.39 is 4.32 Å². The molecular weight excluding hydrogens is 272 g/mol. The van der Waals surface area contributed by atoms with Crippen LogP contribution in [-0.4, -0.2) is 54.0 Å². The lowest BCUT2D eigenvalue weighted by Crippen LogP contribution is -2.49. The fourth-order valence-electron chi connectivity index (χ4n) is 1.61. The Morgan fingerprint density at radius 3 is 2.88 bits per heavy atom. The van der Waals surface area contributed by atoms with E-state index in [9.17, 15) is 4.79 Å². The summed E-state index contributed by atoms with van der Waals surface area (Å²) in [5.41, 5.74) is 0. The number of nitrogens with zero attached hydrogens (tertiary/aromatic N) is 1. The van der Waals surface area contributed by atoms with E-state index in [2.05, 4.69) is 33.1 Å². The van der Waals surface area contributed by atoms with Crippen molar-refractivity contribution in [1.29, 1.82) is 0 Å². The van der Waals surface area contributed by atoms with Gasteiger partial charge in [-0.05, 0) is 20.4 Å². The van der Waals surface area contributed by atoms with Crippen LogP contribution < -0.4 is 5.32 Å². The van der Waals surface area contributed by atoms with Gasteiger partial charge in [-0.15, -0.1) is 0 Å². The lowest BCUT2D eigenvalue weighted by atomic mass is 10.2. The van der Waals surface area contributed by atoms with Gasteiger partial charge in [0.2, 0.25) is 5.91 Å². The number of rotatable bonds is 4. The van der Waals surface area contributed by atoms with E-state index in [1.54, 1.807) is 0 Å². The monoisotopic (exact) mass is 292 g/mol. The molecule has 0 spiro atoms. The second-order valence-corrected chi connectivity index (χ2v) is 6.55. The molecule has 1 atom stereocenters. The molecule has 1 N–H and O–H groups in total. The van der Waals surface area contributed by atoms with Crippen molar-refractivity contribution in [1.82, 2.24) is 10.2 Å². The minimum atomic E-state index is -0.508. The molecule has 1 rings (SSSR count). The molecule has 1 aliphatic heterocycles. The average Bonchev–Trinajstić information content (AvgIpc) is 2.25. The number of likely N-dealkylation sites (N-methyl/N-ethyl adjacent to an activating group) is 1. The maximum absolute atomic E-state index is 11.6. The minimum Gasteiger partial charge on any atom is -0.374 e. The van der Waals surface area contributed by atoms with Crippen molar-refractivity contribution in [3.05, 3.63) is 0 Å². The standard InChI is InChI=1S/C11H21BrN2O2/c1-4-14-5-6-16-9(8-14)7-13-10(15)11(2,3)12/h9H,4-8H2,1-3H3,(H,13,15). The Morgan fingerprint density at radius 1 is 1.62 bits per heavy atom. The summed E-state index contributed by atoms with van der Waals surface area (Å²) in [6.45, 7) is 10.1. The van der Waals surface area contributed by atoms with Crippen LogP contribution in [0.4, 0.5) is 0 Å². The predicted molar refractivity (Wildman–Crippen MR) is 67.9 cm³/mol. The maximum Gasteiger partial charge on any atom is 0.236 e. The van der Waals surface area contributed by atoms with Crippen LogP contribution in [0.25, 0.3) is 0 Å². The molecule has 0 aliphatic carbocycles. The van der Waals surface area contributed by atoms with E-state index in [-0.39, 0.29) is 12.0 Å². The van der Waals surface area contributed by atoms with Crippen LogP contribution in [-0.2, 0) is 9.53 Å². The van der Waals surface area contributed by atoms with Crippen LogP contribution in [0.15, 0.2) is 0 Å². The van der Waals surface area contributed by atoms with Gasteiger partial charge in [-0.1, -0.05) is 22.9 Å². The predicted octanol–water partition coefficient (Wildman–Crippen LogP) is 0.997. The van der Waals surface area contributed by atoms with E-state index in [1.807, 2.05) is 13.8 Å². The van der Waals surface area contributed by atoms with Crippen molar-refractivity contribution in [2.75, 3.05) is 32.8 Å². The summed E-state index contributed by atoms with van der Waals surface area (Å²) in [7, 11) is 0. The highest BCUT2D eigenvalue weighted by molar-refractivity contribution is 9.10. The summed E-state index contributed by atoms with van der Waals surface area (Å²) in [6, 6.07) is 0. The van der Waals surface area contributed by atoms with Crippen LogP contribution in [0.5, 0.6) is 0 Å². The number of alkyl halides is 1. The van der Waals surface area contributed by atoms with Crippen LogP contribution in [0.3, 0.4) is 0 Å². The van der Waals surface area contributed by atoms with Crippen LogP contribution >= 0.6 is 15.9 Å². The second-order valence-electron chi connectivity index (χ2n) is 4.57. The zero-order valence-electron chi connectivity index (χ0n) is 10.3. The third kappa shape index (κ3) is 4.39. The van der Waals surface area contributed by atoms with E-state index in [1.165, 1.54) is 0 Å². The fraction of sp³-hybridized carbons (Fsp3) is 0.909. The summed E-state index contributed by atoms with van der Waals surface area (Å²) in [5, 5.41) is 2.90. The number of carbonyl (C=O) groups is 1. The molecule has 94 valence electrons. The number of ether oxygens (including phenoxy) is 1. The van der Waals surface area contributed by atoms with E-state index >= 15 is 0 Å². The molecule has 1 unspecified atom stereocenters. The van der Waals surface area contributed by atoms with Crippen molar-refractivity contribution in [2.45, 2.75) is 31.2 Å². The first kappa shape index (κ1) is 13.9. The van der Waals surface area contributed by atoms with Crippen molar-refractivity contribution in [3.63, 3.8) is 0 Å². The highest BCUT2D eigenvalue weighted by atomic mass is 79.9. The highest BCUT2D eigenvalue weighted by Crippen LogP contribution is 2.15. The van der Waals surface area contributed by atoms with Gasteiger partial charge in [0.25, 0.3) is 0 Å². The zero-order chi connectivity index (χ0) is 12.2. The van der Waals surface area contributed by atoms with Gasteiger partial charge in [0, 0.05) is 19.6 Å². The first-order chi connectivity index (χ1) is 7.43. The van der Waals surface area contributed by atoms with Crippen molar-refractivity contribution < 1.29 is 9.53 Å². The summed E-state index contributed by atoms with van der Waals surface area (Å²) in [5.74, 6) is 0.00437. The Labute approximate surface area is 106 Å². The second kappa shape index (κ2) is 5.98. The molecule has 0 aromatic carbocycles. The summed E-state index contributed by atoms with van der Waals surface area (Å²) in [6.07, 6.45) is 0.118. The third-order valence-electron chi connectivity index (χ3n) is 2.70. The van der Waals surface area contributed by atoms with Gasteiger partial charge in [-0.25, -0.2) is 0 Å². The molecule has 5 heteroatoms. The fourth-order valence-corrected chi connectivity index (χ4v) is 1.75. The molecule has 0 bridgehead atoms. The van der Waals surface area contributed by atoms with E-state index in [4.69, 9.17) is 4.74 Å². The van der Waals surface area contributed by atoms with E-state index in [0.717, 1.165) is 26.2 Å². The lowest BCUT2D eigenvalue weighted by molar-refractivity contribution is -0.123. The number of morpholine rings is 1. The van der Waals surface area contributed by atoms with Crippen molar-refractivity contribution in [3.8, 4) is 0 Å². The lowest BCUT2D eigenvalue weighted by Gasteiger charge is -2.32. The number of carbonyl (C=O) groups excluding carboxylic acids is 1. The first-order valence-corrected chi connectivity index (χ1v) is 6.54. The highest BCUT2D eigenvalue weighted by Gasteiger charge is 2.25. The Bertz CT molecular complexity index is 241. The van der Waals surface area contributed by atoms with Gasteiger partial charge in [-0.3, -0.25) is 9.69 Å². The maximum atomic E-state index is 11.6. The van der Waals surface area contributed by atoms with Gasteiger partial charge in [0.1, 0.15) is 0 Å². The summed E-state index contributed by atoms with van der Waals surface area (Å²) >= 11 is 3.33. The number of nitrogens with one attached hydrogen (secondary N) is 1. The van der Waals surface area contributed by atoms with Gasteiger partial charge in [0.15, 0.2) is 0 Å². The summed E-state index contributed by atoms with van der Waals surface area (Å²) < 4.78 is 5.09.